The zero-order valence-corrected chi connectivity index (χ0v) is 8.84. The molecule has 16 heavy (non-hydrogen) atoms. The molecule has 0 atom stereocenters. The molecule has 0 aliphatic rings. The quantitative estimate of drug-likeness (QED) is 0.547. The van der Waals surface area contributed by atoms with Gasteiger partial charge in [-0.1, -0.05) is 0 Å². The number of ether oxygens (including phenoxy) is 2. The van der Waals surface area contributed by atoms with E-state index in [0.717, 1.165) is 0 Å². The van der Waals surface area contributed by atoms with Gasteiger partial charge in [0.1, 0.15) is 17.1 Å². The second-order valence-electron chi connectivity index (χ2n) is 2.80. The first-order valence-electron chi connectivity index (χ1n) is 4.37. The lowest BCUT2D eigenvalue weighted by atomic mass is 10.1. The van der Waals surface area contributed by atoms with E-state index in [9.17, 15) is 4.79 Å². The minimum absolute atomic E-state index is 0.121. The Hall–Kier alpha value is -1.73. The van der Waals surface area contributed by atoms with Gasteiger partial charge < -0.3 is 24.2 Å². The lowest BCUT2D eigenvalue weighted by molar-refractivity contribution is 0.0596. The van der Waals surface area contributed by atoms with Crippen LogP contribution in [0.2, 0.25) is 0 Å². The van der Waals surface area contributed by atoms with E-state index >= 15 is 0 Å². The van der Waals surface area contributed by atoms with Crippen molar-refractivity contribution in [2.75, 3.05) is 14.2 Å². The van der Waals surface area contributed by atoms with Crippen LogP contribution in [0.15, 0.2) is 18.2 Å². The second kappa shape index (κ2) is 5.38. The third kappa shape index (κ3) is 2.88. The van der Waals surface area contributed by atoms with Gasteiger partial charge in [0.05, 0.1) is 14.2 Å². The van der Waals surface area contributed by atoms with E-state index in [4.69, 9.17) is 14.8 Å². The van der Waals surface area contributed by atoms with Gasteiger partial charge in [-0.2, -0.15) is 0 Å². The molecule has 1 aromatic carbocycles. The summed E-state index contributed by atoms with van der Waals surface area (Å²) in [4.78, 5) is 11.3. The minimum Gasteiger partial charge on any atom is -0.512 e. The third-order valence-electron chi connectivity index (χ3n) is 1.82. The van der Waals surface area contributed by atoms with Gasteiger partial charge in [0.25, 0.3) is 0 Å². The molecule has 0 fully saturated rings. The summed E-state index contributed by atoms with van der Waals surface area (Å²) in [5.74, 6) is -0.169. The molecule has 0 saturated heterocycles. The van der Waals surface area contributed by atoms with E-state index in [0.29, 0.717) is 5.75 Å². The molecule has 86 valence electrons. The van der Waals surface area contributed by atoms with E-state index in [1.807, 2.05) is 0 Å². The number of carbonyl (C=O) groups excluding carboxylic acids is 1. The summed E-state index contributed by atoms with van der Waals surface area (Å²) in [6.07, 6.45) is 0. The third-order valence-corrected chi connectivity index (χ3v) is 1.82. The Balaban J connectivity index is 3.06. The fourth-order valence-corrected chi connectivity index (χ4v) is 1.15. The van der Waals surface area contributed by atoms with Crippen molar-refractivity contribution in [3.8, 4) is 11.5 Å². The molecule has 0 unspecified atom stereocenters. The SMILES string of the molecule is COC(=O)c1cc(OB(O)O)ccc1OC. The fraction of sp³-hybridized carbons (Fsp3) is 0.222. The highest BCUT2D eigenvalue weighted by Gasteiger charge is 2.17. The van der Waals surface area contributed by atoms with Gasteiger partial charge in [-0.3, -0.25) is 0 Å². The summed E-state index contributed by atoms with van der Waals surface area (Å²) < 4.78 is 14.1. The second-order valence-corrected chi connectivity index (χ2v) is 2.80. The summed E-state index contributed by atoms with van der Waals surface area (Å²) in [5, 5.41) is 17.2. The van der Waals surface area contributed by atoms with E-state index in [1.165, 1.54) is 32.4 Å². The van der Waals surface area contributed by atoms with Crippen LogP contribution in [-0.2, 0) is 4.74 Å². The fourth-order valence-electron chi connectivity index (χ4n) is 1.15. The van der Waals surface area contributed by atoms with E-state index in [1.54, 1.807) is 0 Å². The Morgan fingerprint density at radius 3 is 2.50 bits per heavy atom. The highest BCUT2D eigenvalue weighted by atomic mass is 16.6. The largest absolute Gasteiger partial charge is 0.707 e. The lowest BCUT2D eigenvalue weighted by Crippen LogP contribution is -2.20. The Bertz CT molecular complexity index is 378. The Morgan fingerprint density at radius 1 is 1.31 bits per heavy atom. The molecule has 0 aliphatic carbocycles. The van der Waals surface area contributed by atoms with Gasteiger partial charge in [0.15, 0.2) is 0 Å². The molecule has 1 aromatic rings. The number of rotatable bonds is 4. The molecule has 0 aromatic heterocycles. The average molecular weight is 226 g/mol. The molecule has 0 aliphatic heterocycles. The van der Waals surface area contributed by atoms with Gasteiger partial charge in [0.2, 0.25) is 0 Å². The molecule has 0 amide bonds. The Labute approximate surface area is 92.5 Å². The highest BCUT2D eigenvalue weighted by molar-refractivity contribution is 6.33. The number of methoxy groups -OCH3 is 2. The maximum atomic E-state index is 11.3. The number of hydrogen-bond acceptors (Lipinski definition) is 6. The predicted octanol–water partition coefficient (Wildman–Crippen LogP) is -0.170. The zero-order valence-electron chi connectivity index (χ0n) is 8.84. The van der Waals surface area contributed by atoms with Gasteiger partial charge in [-0.15, -0.1) is 0 Å². The van der Waals surface area contributed by atoms with Crippen LogP contribution in [0.1, 0.15) is 10.4 Å². The molecule has 1 rings (SSSR count). The maximum absolute atomic E-state index is 11.3. The summed E-state index contributed by atoms with van der Waals surface area (Å²) in [5.41, 5.74) is 0.142. The molecule has 0 bridgehead atoms. The Morgan fingerprint density at radius 2 is 2.00 bits per heavy atom. The molecule has 0 spiro atoms. The first-order chi connectivity index (χ1) is 7.58. The van der Waals surface area contributed by atoms with Crippen molar-refractivity contribution >= 4 is 13.3 Å². The molecule has 0 saturated carbocycles. The van der Waals surface area contributed by atoms with Gasteiger partial charge in [-0.05, 0) is 18.2 Å². The molecule has 7 heteroatoms. The summed E-state index contributed by atoms with van der Waals surface area (Å²) >= 11 is 0. The number of hydrogen-bond donors (Lipinski definition) is 2. The topological polar surface area (TPSA) is 85.2 Å². The van der Waals surface area contributed by atoms with Crippen LogP contribution in [0.5, 0.6) is 11.5 Å². The zero-order chi connectivity index (χ0) is 12.1. The van der Waals surface area contributed by atoms with Gasteiger partial charge in [-0.25, -0.2) is 4.79 Å². The van der Waals surface area contributed by atoms with Crippen LogP contribution in [0.25, 0.3) is 0 Å². The molecule has 0 radical (unpaired) electrons. The van der Waals surface area contributed by atoms with Crippen LogP contribution in [-0.4, -0.2) is 37.6 Å². The van der Waals surface area contributed by atoms with Crippen LogP contribution < -0.4 is 9.39 Å². The van der Waals surface area contributed by atoms with E-state index in [2.05, 4.69) is 9.39 Å². The summed E-state index contributed by atoms with van der Waals surface area (Å²) in [7, 11) is 0.693. The van der Waals surface area contributed by atoms with Gasteiger partial charge >= 0.3 is 13.3 Å². The first-order valence-corrected chi connectivity index (χ1v) is 4.37. The smallest absolute Gasteiger partial charge is 0.512 e. The van der Waals surface area contributed by atoms with Crippen molar-refractivity contribution < 1.29 is 29.0 Å². The number of benzene rings is 1. The summed E-state index contributed by atoms with van der Waals surface area (Å²) in [6.45, 7) is 0. The molecule has 6 nitrogen and oxygen atoms in total. The number of esters is 1. The molecular weight excluding hydrogens is 215 g/mol. The molecule has 0 heterocycles. The lowest BCUT2D eigenvalue weighted by Gasteiger charge is -2.09. The highest BCUT2D eigenvalue weighted by Crippen LogP contribution is 2.24. The van der Waals surface area contributed by atoms with Crippen LogP contribution in [0, 0.1) is 0 Å². The molecular formula is C9H11BO6. The van der Waals surface area contributed by atoms with Crippen molar-refractivity contribution in [1.29, 1.82) is 0 Å². The van der Waals surface area contributed by atoms with Crippen LogP contribution >= 0.6 is 0 Å². The van der Waals surface area contributed by atoms with Crippen molar-refractivity contribution in [2.24, 2.45) is 0 Å². The van der Waals surface area contributed by atoms with Crippen molar-refractivity contribution in [3.05, 3.63) is 23.8 Å². The predicted molar refractivity (Wildman–Crippen MR) is 55.2 cm³/mol. The van der Waals surface area contributed by atoms with Crippen LogP contribution in [0.4, 0.5) is 0 Å². The summed E-state index contributed by atoms with van der Waals surface area (Å²) in [6, 6.07) is 4.19. The average Bonchev–Trinajstić information content (AvgIpc) is 2.27. The minimum atomic E-state index is -1.95. The molecule has 2 N–H and O–H groups in total. The Kier molecular flexibility index (Phi) is 4.15. The maximum Gasteiger partial charge on any atom is 0.707 e. The van der Waals surface area contributed by atoms with Gasteiger partial charge in [0, 0.05) is 0 Å². The van der Waals surface area contributed by atoms with E-state index < -0.39 is 13.3 Å². The monoisotopic (exact) mass is 226 g/mol. The van der Waals surface area contributed by atoms with Crippen molar-refractivity contribution in [3.63, 3.8) is 0 Å². The standard InChI is InChI=1S/C9H11BO6/c1-14-8-4-3-6(16-10(12)13)5-7(8)9(11)15-2/h3-5,12-13H,1-2H3. The van der Waals surface area contributed by atoms with Crippen LogP contribution in [0.3, 0.4) is 0 Å². The first kappa shape index (κ1) is 12.3. The van der Waals surface area contributed by atoms with E-state index in [-0.39, 0.29) is 11.3 Å². The number of carbonyl (C=O) groups is 1. The van der Waals surface area contributed by atoms with Crippen molar-refractivity contribution in [1.82, 2.24) is 0 Å². The van der Waals surface area contributed by atoms with Crippen molar-refractivity contribution in [2.45, 2.75) is 0 Å². The normalized spacial score (nSPS) is 9.50.